The molecule has 0 radical (unpaired) electrons. The van der Waals surface area contributed by atoms with Crippen molar-refractivity contribution in [2.24, 2.45) is 0 Å². The fraction of sp³-hybridized carbons (Fsp3) is 0.222. The smallest absolute Gasteiger partial charge is 0.267 e. The Balaban J connectivity index is 1.54. The monoisotopic (exact) mass is 290 g/mol. The SMILES string of the molecule is O=C1c2ccccc2C(=O)N1N1C2CCc3ccccc3C21. The van der Waals surface area contributed by atoms with Crippen LogP contribution in [0.2, 0.25) is 0 Å². The molecule has 0 saturated carbocycles. The van der Waals surface area contributed by atoms with E-state index in [1.807, 2.05) is 17.1 Å². The lowest BCUT2D eigenvalue weighted by molar-refractivity contribution is 0.0342. The molecule has 5 rings (SSSR count). The lowest BCUT2D eigenvalue weighted by Crippen LogP contribution is -2.36. The molecular formula is C18H14N2O2. The second kappa shape index (κ2) is 4.05. The number of hydrazine groups is 1. The quantitative estimate of drug-likeness (QED) is 0.598. The van der Waals surface area contributed by atoms with E-state index in [0.717, 1.165) is 12.8 Å². The Morgan fingerprint density at radius 1 is 0.864 bits per heavy atom. The summed E-state index contributed by atoms with van der Waals surface area (Å²) < 4.78 is 0. The van der Waals surface area contributed by atoms with Crippen LogP contribution in [0.15, 0.2) is 48.5 Å². The van der Waals surface area contributed by atoms with Crippen LogP contribution in [0, 0.1) is 0 Å². The molecule has 3 aliphatic rings. The number of nitrogens with zero attached hydrogens (tertiary/aromatic N) is 2. The molecule has 4 heteroatoms. The lowest BCUT2D eigenvalue weighted by atomic mass is 9.92. The summed E-state index contributed by atoms with van der Waals surface area (Å²) in [5.41, 5.74) is 3.63. The van der Waals surface area contributed by atoms with Gasteiger partial charge in [0.15, 0.2) is 0 Å². The Hall–Kier alpha value is -2.46. The molecule has 2 aromatic rings. The number of hydrogen-bond donors (Lipinski definition) is 0. The maximum atomic E-state index is 12.6. The molecule has 2 aromatic carbocycles. The van der Waals surface area contributed by atoms with Gasteiger partial charge in [0.05, 0.1) is 23.2 Å². The molecule has 108 valence electrons. The van der Waals surface area contributed by atoms with E-state index in [1.54, 1.807) is 24.3 Å². The first-order valence-electron chi connectivity index (χ1n) is 7.61. The summed E-state index contributed by atoms with van der Waals surface area (Å²) in [4.78, 5) is 25.2. The minimum Gasteiger partial charge on any atom is -0.267 e. The van der Waals surface area contributed by atoms with Crippen LogP contribution >= 0.6 is 0 Å². The van der Waals surface area contributed by atoms with Gasteiger partial charge in [0.2, 0.25) is 0 Å². The largest absolute Gasteiger partial charge is 0.276 e. The van der Waals surface area contributed by atoms with Crippen molar-refractivity contribution >= 4 is 11.8 Å². The normalized spacial score (nSPS) is 28.2. The zero-order valence-corrected chi connectivity index (χ0v) is 11.9. The molecule has 1 aliphatic carbocycles. The lowest BCUT2D eigenvalue weighted by Gasteiger charge is -2.16. The van der Waals surface area contributed by atoms with Gasteiger partial charge in [-0.25, -0.2) is 5.01 Å². The minimum absolute atomic E-state index is 0.173. The molecule has 2 heterocycles. The third kappa shape index (κ3) is 1.40. The van der Waals surface area contributed by atoms with Gasteiger partial charge in [-0.2, -0.15) is 5.01 Å². The van der Waals surface area contributed by atoms with Crippen molar-refractivity contribution < 1.29 is 9.59 Å². The number of amides is 2. The van der Waals surface area contributed by atoms with Gasteiger partial charge in [-0.3, -0.25) is 9.59 Å². The molecule has 1 saturated heterocycles. The van der Waals surface area contributed by atoms with Gasteiger partial charge in [-0.05, 0) is 36.1 Å². The highest BCUT2D eigenvalue weighted by Crippen LogP contribution is 2.52. The maximum Gasteiger partial charge on any atom is 0.276 e. The van der Waals surface area contributed by atoms with E-state index in [1.165, 1.54) is 16.1 Å². The fourth-order valence-corrected chi connectivity index (χ4v) is 3.92. The Morgan fingerprint density at radius 3 is 2.23 bits per heavy atom. The maximum absolute atomic E-state index is 12.6. The van der Waals surface area contributed by atoms with Crippen molar-refractivity contribution in [3.8, 4) is 0 Å². The van der Waals surface area contributed by atoms with E-state index in [0.29, 0.717) is 11.1 Å². The molecule has 0 aromatic heterocycles. The second-order valence-electron chi connectivity index (χ2n) is 6.10. The van der Waals surface area contributed by atoms with Gasteiger partial charge in [0.25, 0.3) is 11.8 Å². The molecule has 22 heavy (non-hydrogen) atoms. The minimum atomic E-state index is -0.188. The number of imide groups is 1. The third-order valence-corrected chi connectivity index (χ3v) is 4.99. The summed E-state index contributed by atoms with van der Waals surface area (Å²) in [6.07, 6.45) is 2.01. The Labute approximate surface area is 127 Å². The number of carbonyl (C=O) groups is 2. The number of aryl methyl sites for hydroxylation is 1. The molecule has 2 aliphatic heterocycles. The van der Waals surface area contributed by atoms with Gasteiger partial charge < -0.3 is 0 Å². The summed E-state index contributed by atoms with van der Waals surface area (Å²) in [5.74, 6) is -0.375. The highest BCUT2D eigenvalue weighted by atomic mass is 16.2. The number of carbonyl (C=O) groups excluding carboxylic acids is 2. The molecule has 4 nitrogen and oxygen atoms in total. The van der Waals surface area contributed by atoms with Crippen molar-refractivity contribution in [2.45, 2.75) is 24.9 Å². The molecule has 3 atom stereocenters. The van der Waals surface area contributed by atoms with E-state index < -0.39 is 0 Å². The standard InChI is InChI=1S/C18H14N2O2/c21-17-13-7-3-4-8-14(13)18(22)20(17)19-15-10-9-11-5-1-2-6-12(11)16(15)19/h1-8,15-16H,9-10H2. The van der Waals surface area contributed by atoms with Gasteiger partial charge in [0, 0.05) is 0 Å². The molecule has 0 N–H and O–H groups in total. The summed E-state index contributed by atoms with van der Waals surface area (Å²) in [6, 6.07) is 15.9. The highest BCUT2D eigenvalue weighted by molar-refractivity contribution is 6.21. The first-order valence-corrected chi connectivity index (χ1v) is 7.61. The van der Waals surface area contributed by atoms with Crippen molar-refractivity contribution in [2.75, 3.05) is 0 Å². The number of benzene rings is 2. The fourth-order valence-electron chi connectivity index (χ4n) is 3.92. The number of hydrogen-bond acceptors (Lipinski definition) is 3. The zero-order valence-electron chi connectivity index (χ0n) is 11.9. The van der Waals surface area contributed by atoms with Crippen molar-refractivity contribution in [1.82, 2.24) is 10.0 Å². The average molecular weight is 290 g/mol. The summed E-state index contributed by atoms with van der Waals surface area (Å²) in [5, 5.41) is 3.33. The molecule has 0 spiro atoms. The summed E-state index contributed by atoms with van der Waals surface area (Å²) >= 11 is 0. The van der Waals surface area contributed by atoms with Crippen LogP contribution in [0.5, 0.6) is 0 Å². The molecule has 1 fully saturated rings. The topological polar surface area (TPSA) is 40.4 Å². The highest BCUT2D eigenvalue weighted by Gasteiger charge is 2.58. The first-order chi connectivity index (χ1) is 10.8. The summed E-state index contributed by atoms with van der Waals surface area (Å²) in [6.45, 7) is 0. The third-order valence-electron chi connectivity index (χ3n) is 4.99. The molecule has 3 unspecified atom stereocenters. The predicted octanol–water partition coefficient (Wildman–Crippen LogP) is 2.57. The Bertz CT molecular complexity index is 794. The number of rotatable bonds is 1. The average Bonchev–Trinajstić information content (AvgIpc) is 3.23. The van der Waals surface area contributed by atoms with Crippen LogP contribution in [-0.2, 0) is 6.42 Å². The van der Waals surface area contributed by atoms with E-state index in [4.69, 9.17) is 0 Å². The van der Waals surface area contributed by atoms with E-state index in [-0.39, 0.29) is 23.9 Å². The molecule has 2 amide bonds. The Morgan fingerprint density at radius 2 is 1.50 bits per heavy atom. The number of fused-ring (bicyclic) bond motifs is 4. The van der Waals surface area contributed by atoms with Crippen molar-refractivity contribution in [3.63, 3.8) is 0 Å². The Kier molecular flexibility index (Phi) is 2.23. The van der Waals surface area contributed by atoms with E-state index in [9.17, 15) is 9.59 Å². The molecular weight excluding hydrogens is 276 g/mol. The second-order valence-corrected chi connectivity index (χ2v) is 6.10. The van der Waals surface area contributed by atoms with Gasteiger partial charge in [-0.15, -0.1) is 0 Å². The first kappa shape index (κ1) is 12.1. The molecule has 0 bridgehead atoms. The van der Waals surface area contributed by atoms with E-state index >= 15 is 0 Å². The van der Waals surface area contributed by atoms with E-state index in [2.05, 4.69) is 12.1 Å². The summed E-state index contributed by atoms with van der Waals surface area (Å²) in [7, 11) is 0. The van der Waals surface area contributed by atoms with Crippen LogP contribution in [0.4, 0.5) is 0 Å². The van der Waals surface area contributed by atoms with Gasteiger partial charge in [0.1, 0.15) is 0 Å². The van der Waals surface area contributed by atoms with Crippen LogP contribution in [-0.4, -0.2) is 27.9 Å². The van der Waals surface area contributed by atoms with Crippen LogP contribution in [0.25, 0.3) is 0 Å². The van der Waals surface area contributed by atoms with Gasteiger partial charge in [-0.1, -0.05) is 36.4 Å². The van der Waals surface area contributed by atoms with Crippen LogP contribution in [0.3, 0.4) is 0 Å². The zero-order chi connectivity index (χ0) is 14.8. The van der Waals surface area contributed by atoms with Crippen molar-refractivity contribution in [3.05, 3.63) is 70.8 Å². The van der Waals surface area contributed by atoms with Gasteiger partial charge >= 0.3 is 0 Å². The van der Waals surface area contributed by atoms with Crippen molar-refractivity contribution in [1.29, 1.82) is 0 Å². The van der Waals surface area contributed by atoms with Crippen LogP contribution in [0.1, 0.15) is 44.3 Å². The predicted molar refractivity (Wildman–Crippen MR) is 80.1 cm³/mol. The van der Waals surface area contributed by atoms with Crippen LogP contribution < -0.4 is 0 Å².